The van der Waals surface area contributed by atoms with Gasteiger partial charge in [-0.2, -0.15) is 0 Å². The molecule has 0 spiro atoms. The van der Waals surface area contributed by atoms with Gasteiger partial charge in [0, 0.05) is 19.5 Å². The van der Waals surface area contributed by atoms with Crippen molar-refractivity contribution in [1.29, 1.82) is 0 Å². The van der Waals surface area contributed by atoms with Crippen LogP contribution in [0, 0.1) is 0 Å². The number of likely N-dealkylation sites (tertiary alicyclic amines) is 1. The van der Waals surface area contributed by atoms with Crippen LogP contribution in [0.3, 0.4) is 0 Å². The van der Waals surface area contributed by atoms with Gasteiger partial charge in [-0.1, -0.05) is 135 Å². The zero-order valence-corrected chi connectivity index (χ0v) is 20.7. The molecule has 2 heteroatoms. The van der Waals surface area contributed by atoms with E-state index in [1.54, 1.807) is 0 Å². The zero-order chi connectivity index (χ0) is 21.5. The number of carbonyl (C=O) groups excluding carboxylic acids is 1. The van der Waals surface area contributed by atoms with Crippen molar-refractivity contribution >= 4 is 5.91 Å². The number of unbranched alkanes of at least 4 members (excludes halogenated alkanes) is 20. The van der Waals surface area contributed by atoms with Crippen LogP contribution in [-0.2, 0) is 4.79 Å². The maximum Gasteiger partial charge on any atom is 0.222 e. The van der Waals surface area contributed by atoms with Gasteiger partial charge in [-0.05, 0) is 19.3 Å². The molecule has 1 amide bonds. The number of carbonyl (C=O) groups is 1. The van der Waals surface area contributed by atoms with Crippen LogP contribution in [0.5, 0.6) is 0 Å². The second-order valence-corrected chi connectivity index (χ2v) is 9.91. The summed E-state index contributed by atoms with van der Waals surface area (Å²) in [6, 6.07) is 0. The monoisotopic (exact) mass is 421 g/mol. The molecule has 1 rings (SSSR count). The molecule has 30 heavy (non-hydrogen) atoms. The summed E-state index contributed by atoms with van der Waals surface area (Å²) in [5, 5.41) is 0. The fourth-order valence-corrected chi connectivity index (χ4v) is 4.83. The van der Waals surface area contributed by atoms with Gasteiger partial charge in [0.15, 0.2) is 0 Å². The average molecular weight is 422 g/mol. The molecule has 1 saturated heterocycles. The molecule has 0 aliphatic carbocycles. The molecule has 1 aliphatic rings. The Bertz CT molecular complexity index is 362. The maximum atomic E-state index is 12.0. The second kappa shape index (κ2) is 21.7. The van der Waals surface area contributed by atoms with Crippen LogP contribution in [0.4, 0.5) is 0 Å². The molecule has 2 nitrogen and oxygen atoms in total. The molecule has 1 heterocycles. The first-order valence-corrected chi connectivity index (χ1v) is 14.1. The smallest absolute Gasteiger partial charge is 0.222 e. The van der Waals surface area contributed by atoms with Crippen LogP contribution in [0.25, 0.3) is 0 Å². The van der Waals surface area contributed by atoms with E-state index in [2.05, 4.69) is 11.8 Å². The lowest BCUT2D eigenvalue weighted by Gasteiger charge is -2.14. The summed E-state index contributed by atoms with van der Waals surface area (Å²) >= 11 is 0. The Morgan fingerprint density at radius 1 is 0.500 bits per heavy atom. The highest BCUT2D eigenvalue weighted by molar-refractivity contribution is 5.76. The van der Waals surface area contributed by atoms with Crippen LogP contribution in [-0.4, -0.2) is 23.9 Å². The predicted molar refractivity (Wildman–Crippen MR) is 133 cm³/mol. The van der Waals surface area contributed by atoms with Crippen LogP contribution in [0.2, 0.25) is 0 Å². The van der Waals surface area contributed by atoms with E-state index in [9.17, 15) is 4.79 Å². The van der Waals surface area contributed by atoms with Gasteiger partial charge >= 0.3 is 0 Å². The topological polar surface area (TPSA) is 20.3 Å². The lowest BCUT2D eigenvalue weighted by molar-refractivity contribution is -0.130. The highest BCUT2D eigenvalue weighted by Gasteiger charge is 2.16. The minimum absolute atomic E-state index is 0.408. The van der Waals surface area contributed by atoms with Crippen molar-refractivity contribution < 1.29 is 4.79 Å². The fourth-order valence-electron chi connectivity index (χ4n) is 4.83. The van der Waals surface area contributed by atoms with Gasteiger partial charge < -0.3 is 4.90 Å². The number of nitrogens with zero attached hydrogens (tertiary/aromatic N) is 1. The number of rotatable bonds is 22. The van der Waals surface area contributed by atoms with Crippen LogP contribution in [0.1, 0.15) is 161 Å². The van der Waals surface area contributed by atoms with Gasteiger partial charge in [0.1, 0.15) is 0 Å². The normalized spacial score (nSPS) is 14.0. The molecule has 0 aromatic heterocycles. The van der Waals surface area contributed by atoms with Crippen molar-refractivity contribution in [2.45, 2.75) is 161 Å². The quantitative estimate of drug-likeness (QED) is 0.159. The Labute approximate surface area is 190 Å². The number of amides is 1. The Morgan fingerprint density at radius 2 is 0.800 bits per heavy atom. The van der Waals surface area contributed by atoms with Gasteiger partial charge in [0.05, 0.1) is 0 Å². The van der Waals surface area contributed by atoms with Crippen molar-refractivity contribution in [2.75, 3.05) is 13.1 Å². The third-order valence-corrected chi connectivity index (χ3v) is 6.95. The lowest BCUT2D eigenvalue weighted by Crippen LogP contribution is -2.27. The SMILES string of the molecule is CCCCCCCCCCCCCCCCCCCCCCCC(=O)N1CCCC1. The number of hydrogen-bond donors (Lipinski definition) is 0. The van der Waals surface area contributed by atoms with Crippen LogP contribution >= 0.6 is 0 Å². The molecule has 0 aromatic rings. The van der Waals surface area contributed by atoms with E-state index >= 15 is 0 Å². The summed E-state index contributed by atoms with van der Waals surface area (Å²) in [7, 11) is 0. The minimum atomic E-state index is 0.408. The third kappa shape index (κ3) is 17.2. The Hall–Kier alpha value is -0.530. The van der Waals surface area contributed by atoms with Crippen molar-refractivity contribution in [3.63, 3.8) is 0 Å². The Kier molecular flexibility index (Phi) is 19.9. The summed E-state index contributed by atoms with van der Waals surface area (Å²) in [5.41, 5.74) is 0. The first kappa shape index (κ1) is 27.5. The average Bonchev–Trinajstić information content (AvgIpc) is 3.30. The summed E-state index contributed by atoms with van der Waals surface area (Å²) < 4.78 is 0. The van der Waals surface area contributed by atoms with Gasteiger partial charge in [-0.15, -0.1) is 0 Å². The standard InChI is InChI=1S/C28H55NO/c1-2-3-4-5-6-7-8-9-10-11-12-13-14-15-16-17-18-19-20-21-22-25-28(30)29-26-23-24-27-29/h2-27H2,1H3. The van der Waals surface area contributed by atoms with E-state index in [1.165, 1.54) is 141 Å². The molecule has 0 radical (unpaired) electrons. The molecule has 0 bridgehead atoms. The van der Waals surface area contributed by atoms with E-state index in [0.29, 0.717) is 5.91 Å². The molecule has 0 atom stereocenters. The molecule has 0 unspecified atom stereocenters. The second-order valence-electron chi connectivity index (χ2n) is 9.91. The van der Waals surface area contributed by atoms with Gasteiger partial charge in [-0.3, -0.25) is 4.79 Å². The molecular weight excluding hydrogens is 366 g/mol. The van der Waals surface area contributed by atoms with Crippen molar-refractivity contribution in [3.8, 4) is 0 Å². The van der Waals surface area contributed by atoms with E-state index in [4.69, 9.17) is 0 Å². The van der Waals surface area contributed by atoms with E-state index < -0.39 is 0 Å². The molecule has 0 saturated carbocycles. The number of hydrogen-bond acceptors (Lipinski definition) is 1. The minimum Gasteiger partial charge on any atom is -0.343 e. The van der Waals surface area contributed by atoms with Gasteiger partial charge in [-0.25, -0.2) is 0 Å². The maximum absolute atomic E-state index is 12.0. The molecular formula is C28H55NO. The van der Waals surface area contributed by atoms with Crippen molar-refractivity contribution in [1.82, 2.24) is 4.90 Å². The summed E-state index contributed by atoms with van der Waals surface area (Å²) in [6.07, 6.45) is 32.9. The molecule has 178 valence electrons. The Morgan fingerprint density at radius 3 is 1.13 bits per heavy atom. The third-order valence-electron chi connectivity index (χ3n) is 6.95. The van der Waals surface area contributed by atoms with Crippen LogP contribution < -0.4 is 0 Å². The van der Waals surface area contributed by atoms with Crippen molar-refractivity contribution in [3.05, 3.63) is 0 Å². The Balaban J connectivity index is 1.66. The van der Waals surface area contributed by atoms with E-state index in [1.807, 2.05) is 0 Å². The summed E-state index contributed by atoms with van der Waals surface area (Å²) in [4.78, 5) is 14.0. The molecule has 0 aromatic carbocycles. The molecule has 1 fully saturated rings. The summed E-state index contributed by atoms with van der Waals surface area (Å²) in [6.45, 7) is 4.32. The zero-order valence-electron chi connectivity index (χ0n) is 20.7. The van der Waals surface area contributed by atoms with E-state index in [0.717, 1.165) is 25.9 Å². The fraction of sp³-hybridized carbons (Fsp3) is 0.964. The van der Waals surface area contributed by atoms with E-state index in [-0.39, 0.29) is 0 Å². The lowest BCUT2D eigenvalue weighted by atomic mass is 10.0. The molecule has 1 aliphatic heterocycles. The van der Waals surface area contributed by atoms with Gasteiger partial charge in [0.2, 0.25) is 5.91 Å². The summed E-state index contributed by atoms with van der Waals surface area (Å²) in [5.74, 6) is 0.408. The van der Waals surface area contributed by atoms with Crippen LogP contribution in [0.15, 0.2) is 0 Å². The highest BCUT2D eigenvalue weighted by atomic mass is 16.2. The first-order valence-electron chi connectivity index (χ1n) is 14.1. The molecule has 0 N–H and O–H groups in total. The van der Waals surface area contributed by atoms with Gasteiger partial charge in [0.25, 0.3) is 0 Å². The van der Waals surface area contributed by atoms with Crippen molar-refractivity contribution in [2.24, 2.45) is 0 Å². The highest BCUT2D eigenvalue weighted by Crippen LogP contribution is 2.16. The predicted octanol–water partition coefficient (Wildman–Crippen LogP) is 9.21. The first-order chi connectivity index (χ1) is 14.8. The largest absolute Gasteiger partial charge is 0.343 e.